The van der Waals surface area contributed by atoms with Gasteiger partial charge in [-0.15, -0.1) is 6.58 Å². The van der Waals surface area contributed by atoms with E-state index in [-0.39, 0.29) is 6.10 Å². The Kier molecular flexibility index (Phi) is 1.76. The molecular formula is C10H16O. The summed E-state index contributed by atoms with van der Waals surface area (Å²) in [6.07, 6.45) is 6.80. The molecule has 0 aromatic carbocycles. The summed E-state index contributed by atoms with van der Waals surface area (Å²) in [5, 5.41) is 9.58. The van der Waals surface area contributed by atoms with E-state index < -0.39 is 0 Å². The molecule has 4 unspecified atom stereocenters. The van der Waals surface area contributed by atoms with Crippen LogP contribution in [0.25, 0.3) is 0 Å². The fourth-order valence-corrected chi connectivity index (χ4v) is 3.00. The number of allylic oxidation sites excluding steroid dienone is 1. The smallest absolute Gasteiger partial charge is 0.0574 e. The van der Waals surface area contributed by atoms with Crippen LogP contribution in [-0.4, -0.2) is 11.2 Å². The average Bonchev–Trinajstić information content (AvgIpc) is 2.46. The summed E-state index contributed by atoms with van der Waals surface area (Å²) in [5.41, 5.74) is 0. The standard InChI is InChI=1S/C10H16O/c1-2-3-8-7-4-5-9(8)10(11)6-7/h2,7-11H,1,3-6H2. The summed E-state index contributed by atoms with van der Waals surface area (Å²) in [5.74, 6) is 2.19. The molecule has 4 atom stereocenters. The third kappa shape index (κ3) is 1.02. The molecule has 2 bridgehead atoms. The predicted molar refractivity (Wildman–Crippen MR) is 45.1 cm³/mol. The molecule has 2 fully saturated rings. The van der Waals surface area contributed by atoms with E-state index in [1.54, 1.807) is 0 Å². The van der Waals surface area contributed by atoms with Crippen molar-refractivity contribution in [1.82, 2.24) is 0 Å². The molecule has 0 amide bonds. The van der Waals surface area contributed by atoms with Gasteiger partial charge in [0, 0.05) is 0 Å². The van der Waals surface area contributed by atoms with Crippen molar-refractivity contribution in [3.8, 4) is 0 Å². The lowest BCUT2D eigenvalue weighted by Gasteiger charge is -2.15. The van der Waals surface area contributed by atoms with Crippen molar-refractivity contribution in [2.45, 2.75) is 31.8 Å². The first kappa shape index (κ1) is 7.35. The molecule has 0 heterocycles. The first-order valence-electron chi connectivity index (χ1n) is 4.62. The van der Waals surface area contributed by atoms with Gasteiger partial charge in [-0.3, -0.25) is 0 Å². The second-order valence-corrected chi connectivity index (χ2v) is 3.99. The minimum absolute atomic E-state index is 0.0127. The summed E-state index contributed by atoms with van der Waals surface area (Å²) in [4.78, 5) is 0. The highest BCUT2D eigenvalue weighted by Gasteiger charge is 2.46. The Hall–Kier alpha value is -0.300. The van der Waals surface area contributed by atoms with Gasteiger partial charge in [0.1, 0.15) is 0 Å². The molecule has 11 heavy (non-hydrogen) atoms. The number of aliphatic hydroxyl groups excluding tert-OH is 1. The lowest BCUT2D eigenvalue weighted by Crippen LogP contribution is -2.16. The fraction of sp³-hybridized carbons (Fsp3) is 0.800. The van der Waals surface area contributed by atoms with E-state index in [1.807, 2.05) is 6.08 Å². The summed E-state index contributed by atoms with van der Waals surface area (Å²) < 4.78 is 0. The summed E-state index contributed by atoms with van der Waals surface area (Å²) in [6, 6.07) is 0. The molecule has 0 aromatic rings. The third-order valence-corrected chi connectivity index (χ3v) is 3.50. The Balaban J connectivity index is 2.06. The minimum Gasteiger partial charge on any atom is -0.393 e. The molecule has 1 nitrogen and oxygen atoms in total. The maximum Gasteiger partial charge on any atom is 0.0574 e. The highest BCUT2D eigenvalue weighted by atomic mass is 16.3. The van der Waals surface area contributed by atoms with Crippen molar-refractivity contribution >= 4 is 0 Å². The third-order valence-electron chi connectivity index (χ3n) is 3.50. The van der Waals surface area contributed by atoms with Crippen LogP contribution in [0.4, 0.5) is 0 Å². The number of rotatable bonds is 2. The molecule has 0 aromatic heterocycles. The molecule has 0 aliphatic heterocycles. The number of aliphatic hydroxyl groups is 1. The van der Waals surface area contributed by atoms with Crippen molar-refractivity contribution in [1.29, 1.82) is 0 Å². The molecule has 2 aliphatic carbocycles. The van der Waals surface area contributed by atoms with Crippen LogP contribution in [0.5, 0.6) is 0 Å². The van der Waals surface area contributed by atoms with Gasteiger partial charge in [-0.25, -0.2) is 0 Å². The van der Waals surface area contributed by atoms with Crippen LogP contribution in [0, 0.1) is 17.8 Å². The highest BCUT2D eigenvalue weighted by Crippen LogP contribution is 2.50. The number of fused-ring (bicyclic) bond motifs is 2. The van der Waals surface area contributed by atoms with Crippen molar-refractivity contribution in [2.24, 2.45) is 17.8 Å². The molecular weight excluding hydrogens is 136 g/mol. The maximum atomic E-state index is 9.58. The van der Waals surface area contributed by atoms with Gasteiger partial charge in [-0.2, -0.15) is 0 Å². The zero-order valence-electron chi connectivity index (χ0n) is 6.87. The molecule has 1 N–H and O–H groups in total. The van der Waals surface area contributed by atoms with Crippen LogP contribution in [0.3, 0.4) is 0 Å². The minimum atomic E-state index is 0.0127. The van der Waals surface area contributed by atoms with Crippen LogP contribution in [-0.2, 0) is 0 Å². The predicted octanol–water partition coefficient (Wildman–Crippen LogP) is 1.97. The van der Waals surface area contributed by atoms with Gasteiger partial charge in [0.15, 0.2) is 0 Å². The number of hydrogen-bond acceptors (Lipinski definition) is 1. The first-order chi connectivity index (χ1) is 5.33. The van der Waals surface area contributed by atoms with Crippen LogP contribution in [0.1, 0.15) is 25.7 Å². The van der Waals surface area contributed by atoms with Crippen LogP contribution < -0.4 is 0 Å². The van der Waals surface area contributed by atoms with Gasteiger partial charge < -0.3 is 5.11 Å². The van der Waals surface area contributed by atoms with Crippen molar-refractivity contribution in [2.75, 3.05) is 0 Å². The molecule has 1 heteroatoms. The second kappa shape index (κ2) is 2.63. The molecule has 2 rings (SSSR count). The zero-order valence-corrected chi connectivity index (χ0v) is 6.87. The average molecular weight is 152 g/mol. The molecule has 0 spiro atoms. The summed E-state index contributed by atoms with van der Waals surface area (Å²) in [6.45, 7) is 3.76. The van der Waals surface area contributed by atoms with Gasteiger partial charge in [-0.1, -0.05) is 6.08 Å². The van der Waals surface area contributed by atoms with Crippen LogP contribution >= 0.6 is 0 Å². The summed E-state index contributed by atoms with van der Waals surface area (Å²) >= 11 is 0. The van der Waals surface area contributed by atoms with Crippen molar-refractivity contribution in [3.05, 3.63) is 12.7 Å². The monoisotopic (exact) mass is 152 g/mol. The zero-order chi connectivity index (χ0) is 7.84. The lowest BCUT2D eigenvalue weighted by atomic mass is 9.94. The lowest BCUT2D eigenvalue weighted by molar-refractivity contribution is 0.107. The molecule has 62 valence electrons. The van der Waals surface area contributed by atoms with E-state index in [0.29, 0.717) is 5.92 Å². The SMILES string of the molecule is C=CCC1C2CCC1C(O)C2. The summed E-state index contributed by atoms with van der Waals surface area (Å²) in [7, 11) is 0. The van der Waals surface area contributed by atoms with Crippen LogP contribution in [0.2, 0.25) is 0 Å². The number of hydrogen-bond donors (Lipinski definition) is 1. The Morgan fingerprint density at radius 2 is 2.27 bits per heavy atom. The van der Waals surface area contributed by atoms with E-state index >= 15 is 0 Å². The Morgan fingerprint density at radius 1 is 1.45 bits per heavy atom. The largest absolute Gasteiger partial charge is 0.393 e. The molecule has 0 saturated heterocycles. The highest BCUT2D eigenvalue weighted by molar-refractivity contribution is 4.98. The topological polar surface area (TPSA) is 20.2 Å². The van der Waals surface area contributed by atoms with E-state index in [9.17, 15) is 5.11 Å². The van der Waals surface area contributed by atoms with Gasteiger partial charge in [0.05, 0.1) is 6.10 Å². The van der Waals surface area contributed by atoms with E-state index in [0.717, 1.165) is 24.7 Å². The fourth-order valence-electron chi connectivity index (χ4n) is 3.00. The van der Waals surface area contributed by atoms with Gasteiger partial charge >= 0.3 is 0 Å². The van der Waals surface area contributed by atoms with Gasteiger partial charge in [0.2, 0.25) is 0 Å². The van der Waals surface area contributed by atoms with E-state index in [2.05, 4.69) is 6.58 Å². The van der Waals surface area contributed by atoms with Crippen LogP contribution in [0.15, 0.2) is 12.7 Å². The molecule has 2 saturated carbocycles. The molecule has 2 aliphatic rings. The van der Waals surface area contributed by atoms with Gasteiger partial charge in [0.25, 0.3) is 0 Å². The van der Waals surface area contributed by atoms with Crippen molar-refractivity contribution < 1.29 is 5.11 Å². The quantitative estimate of drug-likeness (QED) is 0.600. The second-order valence-electron chi connectivity index (χ2n) is 3.99. The van der Waals surface area contributed by atoms with Crippen molar-refractivity contribution in [3.63, 3.8) is 0 Å². The molecule has 0 radical (unpaired) electrons. The van der Waals surface area contributed by atoms with Gasteiger partial charge in [-0.05, 0) is 43.4 Å². The maximum absolute atomic E-state index is 9.58. The Labute approximate surface area is 68.1 Å². The van der Waals surface area contributed by atoms with E-state index in [4.69, 9.17) is 0 Å². The van der Waals surface area contributed by atoms with E-state index in [1.165, 1.54) is 12.8 Å². The Bertz CT molecular complexity index is 164. The first-order valence-corrected chi connectivity index (χ1v) is 4.62. The Morgan fingerprint density at radius 3 is 2.73 bits per heavy atom. The normalized spacial score (nSPS) is 48.1.